The number of hydrogen-bond acceptors (Lipinski definition) is 11. The molecule has 0 aromatic heterocycles. The molecule has 0 fully saturated rings. The standard InChI is InChI=1S/C35H32O11/c1-20(36)19-29(42)46-35-31(25-12-16-27(40)17-13-25)33(44-22(3)38)32(43-21(2)37)30(24-10-14-26(39)15-11-24)34(35)45-28(41)18-9-23-7-5-4-6-8-23/h4-8,10-17,20,36,39-40H,9,18-19H2,1-3H3/t20-/m1/s1. The van der Waals surface area contributed by atoms with Crippen LogP contribution in [0.5, 0.6) is 34.5 Å². The Morgan fingerprint density at radius 2 is 1.02 bits per heavy atom. The fourth-order valence-corrected chi connectivity index (χ4v) is 4.57. The third-order valence-corrected chi connectivity index (χ3v) is 6.48. The van der Waals surface area contributed by atoms with Crippen molar-refractivity contribution in [3.8, 4) is 56.8 Å². The van der Waals surface area contributed by atoms with Gasteiger partial charge in [0.05, 0.1) is 23.7 Å². The highest BCUT2D eigenvalue weighted by atomic mass is 16.6. The molecule has 3 N–H and O–H groups in total. The molecule has 0 radical (unpaired) electrons. The SMILES string of the molecule is CC(=O)Oc1c(OC(C)=O)c(-c2ccc(O)cc2)c(OC(=O)C[C@@H](C)O)c(OC(=O)CCc2ccccc2)c1-c1ccc(O)cc1. The van der Waals surface area contributed by atoms with Gasteiger partial charge in [-0.25, -0.2) is 0 Å². The largest absolute Gasteiger partial charge is 0.508 e. The summed E-state index contributed by atoms with van der Waals surface area (Å²) in [5.74, 6) is -5.02. The lowest BCUT2D eigenvalue weighted by Gasteiger charge is -2.24. The fourth-order valence-electron chi connectivity index (χ4n) is 4.57. The number of aryl methyl sites for hydroxylation is 1. The summed E-state index contributed by atoms with van der Waals surface area (Å²) in [6.07, 6.45) is -1.37. The minimum absolute atomic E-state index is 0.108. The molecule has 0 aliphatic rings. The minimum Gasteiger partial charge on any atom is -0.508 e. The molecule has 4 rings (SSSR count). The first-order chi connectivity index (χ1) is 21.9. The third-order valence-electron chi connectivity index (χ3n) is 6.48. The lowest BCUT2D eigenvalue weighted by molar-refractivity contribution is -0.138. The number of phenolic OH excluding ortho intramolecular Hbond substituents is 2. The van der Waals surface area contributed by atoms with Crippen LogP contribution in [0.4, 0.5) is 0 Å². The molecule has 0 saturated heterocycles. The molecular weight excluding hydrogens is 596 g/mol. The highest BCUT2D eigenvalue weighted by molar-refractivity contribution is 5.98. The molecule has 0 unspecified atom stereocenters. The first-order valence-electron chi connectivity index (χ1n) is 14.3. The Bertz CT molecular complexity index is 1730. The van der Waals surface area contributed by atoms with Crippen LogP contribution in [-0.4, -0.2) is 45.3 Å². The van der Waals surface area contributed by atoms with Gasteiger partial charge in [-0.3, -0.25) is 19.2 Å². The maximum Gasteiger partial charge on any atom is 0.313 e. The number of benzene rings is 4. The van der Waals surface area contributed by atoms with Crippen LogP contribution in [-0.2, 0) is 25.6 Å². The Balaban J connectivity index is 2.09. The van der Waals surface area contributed by atoms with E-state index < -0.39 is 36.4 Å². The van der Waals surface area contributed by atoms with Crippen LogP contribution < -0.4 is 18.9 Å². The Morgan fingerprint density at radius 1 is 0.609 bits per heavy atom. The van der Waals surface area contributed by atoms with E-state index in [1.807, 2.05) is 30.3 Å². The number of rotatable bonds is 11. The monoisotopic (exact) mass is 628 g/mol. The molecule has 4 aromatic carbocycles. The number of phenols is 2. The smallest absolute Gasteiger partial charge is 0.313 e. The van der Waals surface area contributed by atoms with E-state index in [4.69, 9.17) is 18.9 Å². The summed E-state index contributed by atoms with van der Waals surface area (Å²) in [6, 6.07) is 20.2. The predicted molar refractivity (Wildman–Crippen MR) is 166 cm³/mol. The van der Waals surface area contributed by atoms with E-state index in [1.165, 1.54) is 55.5 Å². The average molecular weight is 629 g/mol. The second-order valence-electron chi connectivity index (χ2n) is 10.3. The molecule has 1 atom stereocenters. The van der Waals surface area contributed by atoms with Gasteiger partial charge in [0.2, 0.25) is 0 Å². The van der Waals surface area contributed by atoms with Crippen LogP contribution in [0.15, 0.2) is 78.9 Å². The molecule has 0 aliphatic heterocycles. The molecule has 11 nitrogen and oxygen atoms in total. The second-order valence-corrected chi connectivity index (χ2v) is 10.3. The van der Waals surface area contributed by atoms with Crippen LogP contribution in [0.1, 0.15) is 39.2 Å². The summed E-state index contributed by atoms with van der Waals surface area (Å²) in [6.45, 7) is 3.60. The van der Waals surface area contributed by atoms with Crippen LogP contribution in [0, 0.1) is 0 Å². The second kappa shape index (κ2) is 14.9. The molecule has 0 bridgehead atoms. The molecule has 0 spiro atoms. The molecule has 0 heterocycles. The molecule has 46 heavy (non-hydrogen) atoms. The van der Waals surface area contributed by atoms with Gasteiger partial charge in [0, 0.05) is 20.3 Å². The van der Waals surface area contributed by atoms with Crippen LogP contribution in [0.3, 0.4) is 0 Å². The Hall–Kier alpha value is -5.68. The Kier molecular flexibility index (Phi) is 10.7. The maximum absolute atomic E-state index is 13.5. The van der Waals surface area contributed by atoms with Crippen LogP contribution >= 0.6 is 0 Å². The zero-order valence-corrected chi connectivity index (χ0v) is 25.3. The maximum atomic E-state index is 13.5. The van der Waals surface area contributed by atoms with Gasteiger partial charge in [-0.05, 0) is 54.3 Å². The zero-order chi connectivity index (χ0) is 33.4. The fraction of sp³-hybridized carbons (Fsp3) is 0.200. The van der Waals surface area contributed by atoms with Crippen molar-refractivity contribution in [2.75, 3.05) is 0 Å². The van der Waals surface area contributed by atoms with Gasteiger partial charge in [-0.15, -0.1) is 0 Å². The number of hydrogen-bond donors (Lipinski definition) is 3. The molecular formula is C35H32O11. The number of aromatic hydroxyl groups is 2. The summed E-state index contributed by atoms with van der Waals surface area (Å²) in [4.78, 5) is 51.6. The van der Waals surface area contributed by atoms with Crippen molar-refractivity contribution in [3.05, 3.63) is 84.4 Å². The van der Waals surface area contributed by atoms with E-state index in [1.54, 1.807) is 0 Å². The van der Waals surface area contributed by atoms with E-state index in [2.05, 4.69) is 0 Å². The quantitative estimate of drug-likeness (QED) is 0.142. The van der Waals surface area contributed by atoms with E-state index in [9.17, 15) is 34.5 Å². The number of aliphatic hydroxyl groups is 1. The molecule has 4 aromatic rings. The topological polar surface area (TPSA) is 166 Å². The van der Waals surface area contributed by atoms with Gasteiger partial charge < -0.3 is 34.3 Å². The normalized spacial score (nSPS) is 11.3. The summed E-state index contributed by atoms with van der Waals surface area (Å²) >= 11 is 0. The van der Waals surface area contributed by atoms with Gasteiger partial charge in [0.15, 0.2) is 23.0 Å². The lowest BCUT2D eigenvalue weighted by atomic mass is 9.94. The van der Waals surface area contributed by atoms with Crippen molar-refractivity contribution in [1.29, 1.82) is 0 Å². The number of ether oxygens (including phenoxy) is 4. The zero-order valence-electron chi connectivity index (χ0n) is 25.3. The minimum atomic E-state index is -1.11. The molecule has 0 amide bonds. The van der Waals surface area contributed by atoms with Crippen molar-refractivity contribution in [1.82, 2.24) is 0 Å². The molecule has 11 heteroatoms. The predicted octanol–water partition coefficient (Wildman–Crippen LogP) is 5.50. The van der Waals surface area contributed by atoms with Crippen molar-refractivity contribution in [2.45, 2.75) is 46.1 Å². The average Bonchev–Trinajstić information content (AvgIpc) is 2.99. The first kappa shape index (κ1) is 33.2. The number of carbonyl (C=O) groups is 4. The van der Waals surface area contributed by atoms with E-state index >= 15 is 0 Å². The number of carbonyl (C=O) groups excluding carboxylic acids is 4. The summed E-state index contributed by atoms with van der Waals surface area (Å²) in [5, 5.41) is 29.9. The van der Waals surface area contributed by atoms with Gasteiger partial charge in [-0.1, -0.05) is 54.6 Å². The highest BCUT2D eigenvalue weighted by Gasteiger charge is 2.34. The van der Waals surface area contributed by atoms with Gasteiger partial charge in [0.25, 0.3) is 0 Å². The summed E-state index contributed by atoms with van der Waals surface area (Å²) in [7, 11) is 0. The van der Waals surface area contributed by atoms with Crippen molar-refractivity contribution in [2.24, 2.45) is 0 Å². The van der Waals surface area contributed by atoms with E-state index in [0.717, 1.165) is 19.4 Å². The van der Waals surface area contributed by atoms with Gasteiger partial charge in [-0.2, -0.15) is 0 Å². The van der Waals surface area contributed by atoms with Crippen molar-refractivity contribution >= 4 is 23.9 Å². The summed E-state index contributed by atoms with van der Waals surface area (Å²) in [5.41, 5.74) is 1.05. The first-order valence-corrected chi connectivity index (χ1v) is 14.3. The molecule has 0 aliphatic carbocycles. The van der Waals surface area contributed by atoms with E-state index in [0.29, 0.717) is 6.42 Å². The molecule has 238 valence electrons. The molecule has 0 saturated carbocycles. The van der Waals surface area contributed by atoms with Gasteiger partial charge in [0.1, 0.15) is 11.5 Å². The van der Waals surface area contributed by atoms with Gasteiger partial charge >= 0.3 is 23.9 Å². The summed E-state index contributed by atoms with van der Waals surface area (Å²) < 4.78 is 23.0. The highest BCUT2D eigenvalue weighted by Crippen LogP contribution is 2.57. The third kappa shape index (κ3) is 8.48. The van der Waals surface area contributed by atoms with Crippen LogP contribution in [0.25, 0.3) is 22.3 Å². The number of esters is 4. The van der Waals surface area contributed by atoms with E-state index in [-0.39, 0.29) is 63.2 Å². The van der Waals surface area contributed by atoms with Crippen molar-refractivity contribution in [3.63, 3.8) is 0 Å². The number of aliphatic hydroxyl groups excluding tert-OH is 1. The Morgan fingerprint density at radius 3 is 1.43 bits per heavy atom. The lowest BCUT2D eigenvalue weighted by Crippen LogP contribution is -2.19. The van der Waals surface area contributed by atoms with Crippen molar-refractivity contribution < 1.29 is 53.4 Å². The Labute approximate surface area is 264 Å². The van der Waals surface area contributed by atoms with Crippen LogP contribution in [0.2, 0.25) is 0 Å².